The summed E-state index contributed by atoms with van der Waals surface area (Å²) in [5.74, 6) is 0. The van der Waals surface area contributed by atoms with Crippen molar-refractivity contribution >= 4 is 16.1 Å². The first kappa shape index (κ1) is 14.9. The lowest BCUT2D eigenvalue weighted by molar-refractivity contribution is 0.330. The van der Waals surface area contributed by atoms with Crippen molar-refractivity contribution < 1.29 is 13.2 Å². The molecular formula is C14H18N2O3S. The quantitative estimate of drug-likeness (QED) is 0.634. The molecule has 0 radical (unpaired) electrons. The van der Waals surface area contributed by atoms with E-state index in [1.54, 1.807) is 31.2 Å². The Kier molecular flexibility index (Phi) is 4.70. The third kappa shape index (κ3) is 2.98. The first-order chi connectivity index (χ1) is 9.57. The van der Waals surface area contributed by atoms with Gasteiger partial charge in [0.1, 0.15) is 6.17 Å². The Morgan fingerprint density at radius 3 is 2.70 bits per heavy atom. The average Bonchev–Trinajstić information content (AvgIpc) is 2.65. The largest absolute Gasteiger partial charge is 0.245 e. The first-order valence-electron chi connectivity index (χ1n) is 6.72. The highest BCUT2D eigenvalue weighted by atomic mass is 32.2. The predicted octanol–water partition coefficient (Wildman–Crippen LogP) is 2.22. The SMILES string of the molecule is Cc1ccccc1S(=O)(=O)N1CCCCCC1N=C=O. The Morgan fingerprint density at radius 1 is 1.25 bits per heavy atom. The summed E-state index contributed by atoms with van der Waals surface area (Å²) in [6.07, 6.45) is 4.05. The Hall–Kier alpha value is -1.49. The molecule has 1 atom stereocenters. The fraction of sp³-hybridized carbons (Fsp3) is 0.500. The molecule has 0 aliphatic carbocycles. The molecule has 1 aliphatic heterocycles. The van der Waals surface area contributed by atoms with Gasteiger partial charge < -0.3 is 0 Å². The summed E-state index contributed by atoms with van der Waals surface area (Å²) < 4.78 is 26.9. The molecule has 0 aromatic heterocycles. The Balaban J connectivity index is 2.44. The average molecular weight is 294 g/mol. The van der Waals surface area contributed by atoms with Gasteiger partial charge in [0.15, 0.2) is 0 Å². The lowest BCUT2D eigenvalue weighted by Crippen LogP contribution is -2.39. The zero-order valence-electron chi connectivity index (χ0n) is 11.4. The van der Waals surface area contributed by atoms with Crippen molar-refractivity contribution in [3.8, 4) is 0 Å². The van der Waals surface area contributed by atoms with Crippen LogP contribution in [0.1, 0.15) is 31.2 Å². The summed E-state index contributed by atoms with van der Waals surface area (Å²) >= 11 is 0. The molecular weight excluding hydrogens is 276 g/mol. The van der Waals surface area contributed by atoms with Crippen molar-refractivity contribution in [2.75, 3.05) is 6.54 Å². The topological polar surface area (TPSA) is 66.8 Å². The molecule has 0 amide bonds. The molecule has 1 aliphatic rings. The minimum Gasteiger partial charge on any atom is -0.211 e. The maximum atomic E-state index is 12.8. The normalized spacial score (nSPS) is 20.9. The van der Waals surface area contributed by atoms with Crippen LogP contribution in [0.25, 0.3) is 0 Å². The zero-order valence-corrected chi connectivity index (χ0v) is 12.3. The van der Waals surface area contributed by atoms with Crippen LogP contribution in [0.4, 0.5) is 0 Å². The van der Waals surface area contributed by atoms with E-state index in [0.717, 1.165) is 19.3 Å². The maximum absolute atomic E-state index is 12.8. The maximum Gasteiger partial charge on any atom is 0.245 e. The summed E-state index contributed by atoms with van der Waals surface area (Å²) in [7, 11) is -3.63. The van der Waals surface area contributed by atoms with Crippen LogP contribution in [-0.2, 0) is 14.8 Å². The van der Waals surface area contributed by atoms with Crippen molar-refractivity contribution in [3.05, 3.63) is 29.8 Å². The number of aliphatic imine (C=N–C) groups is 1. The Bertz CT molecular complexity index is 621. The fourth-order valence-corrected chi connectivity index (χ4v) is 4.33. The van der Waals surface area contributed by atoms with E-state index in [0.29, 0.717) is 18.5 Å². The van der Waals surface area contributed by atoms with E-state index < -0.39 is 16.2 Å². The second-order valence-corrected chi connectivity index (χ2v) is 6.79. The molecule has 6 heteroatoms. The van der Waals surface area contributed by atoms with Crippen molar-refractivity contribution in [2.45, 2.75) is 43.7 Å². The smallest absolute Gasteiger partial charge is 0.211 e. The molecule has 2 rings (SSSR count). The van der Waals surface area contributed by atoms with Gasteiger partial charge in [-0.25, -0.2) is 13.2 Å². The molecule has 0 N–H and O–H groups in total. The van der Waals surface area contributed by atoms with E-state index in [1.165, 1.54) is 10.4 Å². The summed E-state index contributed by atoms with van der Waals surface area (Å²) in [5, 5.41) is 0. The summed E-state index contributed by atoms with van der Waals surface area (Å²) in [6.45, 7) is 2.16. The van der Waals surface area contributed by atoms with Crippen molar-refractivity contribution in [3.63, 3.8) is 0 Å². The van der Waals surface area contributed by atoms with Gasteiger partial charge in [0.25, 0.3) is 0 Å². The lowest BCUT2D eigenvalue weighted by atomic mass is 10.2. The number of rotatable bonds is 3. The minimum absolute atomic E-state index is 0.285. The van der Waals surface area contributed by atoms with Gasteiger partial charge in [-0.1, -0.05) is 24.6 Å². The van der Waals surface area contributed by atoms with E-state index >= 15 is 0 Å². The van der Waals surface area contributed by atoms with Gasteiger partial charge in [0, 0.05) is 6.54 Å². The number of nitrogens with zero attached hydrogens (tertiary/aromatic N) is 2. The van der Waals surface area contributed by atoms with Crippen LogP contribution in [-0.4, -0.2) is 31.5 Å². The molecule has 0 bridgehead atoms. The van der Waals surface area contributed by atoms with Crippen LogP contribution in [0.5, 0.6) is 0 Å². The molecule has 1 heterocycles. The van der Waals surface area contributed by atoms with Crippen LogP contribution >= 0.6 is 0 Å². The van der Waals surface area contributed by atoms with E-state index in [9.17, 15) is 13.2 Å². The van der Waals surface area contributed by atoms with Crippen LogP contribution < -0.4 is 0 Å². The highest BCUT2D eigenvalue weighted by molar-refractivity contribution is 7.89. The molecule has 1 aromatic carbocycles. The van der Waals surface area contributed by atoms with Crippen LogP contribution in [0.3, 0.4) is 0 Å². The first-order valence-corrected chi connectivity index (χ1v) is 8.16. The number of carbonyl (C=O) groups excluding carboxylic acids is 1. The molecule has 0 saturated carbocycles. The second-order valence-electron chi connectivity index (χ2n) is 4.93. The Morgan fingerprint density at radius 2 is 2.00 bits per heavy atom. The third-order valence-corrected chi connectivity index (χ3v) is 5.61. The second kappa shape index (κ2) is 6.31. The standard InChI is InChI=1S/C14H18N2O3S/c1-12-7-4-5-8-13(12)20(18,19)16-10-6-2-3-9-14(16)15-11-17/h4-5,7-8,14H,2-3,6,9-10H2,1H3. The van der Waals surface area contributed by atoms with Crippen molar-refractivity contribution in [2.24, 2.45) is 4.99 Å². The predicted molar refractivity (Wildman–Crippen MR) is 75.4 cm³/mol. The van der Waals surface area contributed by atoms with E-state index in [2.05, 4.69) is 4.99 Å². The molecule has 0 spiro atoms. The van der Waals surface area contributed by atoms with E-state index in [4.69, 9.17) is 0 Å². The van der Waals surface area contributed by atoms with Gasteiger partial charge >= 0.3 is 0 Å². The van der Waals surface area contributed by atoms with Crippen LogP contribution in [0, 0.1) is 6.92 Å². The molecule has 1 fully saturated rings. The van der Waals surface area contributed by atoms with E-state index in [-0.39, 0.29) is 4.90 Å². The third-order valence-electron chi connectivity index (χ3n) is 3.56. The summed E-state index contributed by atoms with van der Waals surface area (Å²) in [6, 6.07) is 6.87. The molecule has 1 unspecified atom stereocenters. The monoisotopic (exact) mass is 294 g/mol. The molecule has 20 heavy (non-hydrogen) atoms. The fourth-order valence-electron chi connectivity index (χ4n) is 2.51. The van der Waals surface area contributed by atoms with Gasteiger partial charge in [-0.15, -0.1) is 0 Å². The number of sulfonamides is 1. The highest BCUT2D eigenvalue weighted by Crippen LogP contribution is 2.26. The molecule has 5 nitrogen and oxygen atoms in total. The number of aryl methyl sites for hydroxylation is 1. The van der Waals surface area contributed by atoms with Gasteiger partial charge in [-0.3, -0.25) is 0 Å². The van der Waals surface area contributed by atoms with Gasteiger partial charge in [0.05, 0.1) is 4.90 Å². The van der Waals surface area contributed by atoms with Crippen molar-refractivity contribution in [1.29, 1.82) is 0 Å². The number of benzene rings is 1. The van der Waals surface area contributed by atoms with Gasteiger partial charge in [0.2, 0.25) is 16.1 Å². The van der Waals surface area contributed by atoms with Gasteiger partial charge in [-0.2, -0.15) is 9.30 Å². The number of hydrogen-bond acceptors (Lipinski definition) is 4. The van der Waals surface area contributed by atoms with E-state index in [1.807, 2.05) is 0 Å². The summed E-state index contributed by atoms with van der Waals surface area (Å²) in [4.78, 5) is 14.5. The zero-order chi connectivity index (χ0) is 14.6. The Labute approximate surface area is 119 Å². The van der Waals surface area contributed by atoms with Gasteiger partial charge in [-0.05, 0) is 37.8 Å². The minimum atomic E-state index is -3.63. The highest BCUT2D eigenvalue weighted by Gasteiger charge is 2.33. The molecule has 1 aromatic rings. The molecule has 1 saturated heterocycles. The van der Waals surface area contributed by atoms with Crippen LogP contribution in [0.2, 0.25) is 0 Å². The lowest BCUT2D eigenvalue weighted by Gasteiger charge is -2.25. The summed E-state index contributed by atoms with van der Waals surface area (Å²) in [5.41, 5.74) is 0.700. The van der Waals surface area contributed by atoms with Crippen molar-refractivity contribution in [1.82, 2.24) is 4.31 Å². The van der Waals surface area contributed by atoms with Crippen LogP contribution in [0.15, 0.2) is 34.2 Å². The molecule has 108 valence electrons. The number of isocyanates is 1. The number of hydrogen-bond donors (Lipinski definition) is 0.